The highest BCUT2D eigenvalue weighted by atomic mass is 15.0. The van der Waals surface area contributed by atoms with E-state index in [0.29, 0.717) is 5.92 Å². The number of aromatic nitrogens is 2. The Morgan fingerprint density at radius 1 is 0.852 bits per heavy atom. The molecule has 2 heterocycles. The number of allylic oxidation sites excluding steroid dienone is 1. The Hall–Kier alpha value is -3.26. The first-order chi connectivity index (χ1) is 13.3. The van der Waals surface area contributed by atoms with Crippen LogP contribution < -0.4 is 0 Å². The highest BCUT2D eigenvalue weighted by molar-refractivity contribution is 6.17. The molecular formula is C25H20N2. The summed E-state index contributed by atoms with van der Waals surface area (Å²) in [5.74, 6) is 0.575. The zero-order valence-electron chi connectivity index (χ0n) is 15.2. The molecule has 1 aliphatic carbocycles. The summed E-state index contributed by atoms with van der Waals surface area (Å²) >= 11 is 0. The maximum atomic E-state index is 3.71. The molecule has 5 aromatic rings. The Morgan fingerprint density at radius 3 is 2.52 bits per heavy atom. The Morgan fingerprint density at radius 2 is 1.63 bits per heavy atom. The van der Waals surface area contributed by atoms with Gasteiger partial charge in [0.1, 0.15) is 0 Å². The number of hydrogen-bond acceptors (Lipinski definition) is 0. The number of rotatable bonds is 1. The van der Waals surface area contributed by atoms with Gasteiger partial charge in [0.25, 0.3) is 0 Å². The summed E-state index contributed by atoms with van der Waals surface area (Å²) in [6.07, 6.45) is 5.74. The molecule has 0 radical (unpaired) electrons. The predicted molar refractivity (Wildman–Crippen MR) is 115 cm³/mol. The lowest BCUT2D eigenvalue weighted by atomic mass is 9.93. The molecular weight excluding hydrogens is 328 g/mol. The van der Waals surface area contributed by atoms with Crippen molar-refractivity contribution in [2.24, 2.45) is 5.92 Å². The van der Waals surface area contributed by atoms with Gasteiger partial charge in [-0.25, -0.2) is 0 Å². The molecule has 27 heavy (non-hydrogen) atoms. The van der Waals surface area contributed by atoms with Gasteiger partial charge in [-0.1, -0.05) is 61.5 Å². The fourth-order valence-corrected chi connectivity index (χ4v) is 4.65. The molecule has 1 atom stereocenters. The Labute approximate surface area is 157 Å². The van der Waals surface area contributed by atoms with Gasteiger partial charge < -0.3 is 9.55 Å². The van der Waals surface area contributed by atoms with Crippen LogP contribution in [0.5, 0.6) is 0 Å². The average molecular weight is 348 g/mol. The smallest absolute Gasteiger partial charge is 0.0779 e. The minimum Gasteiger partial charge on any atom is -0.353 e. The molecule has 2 heteroatoms. The van der Waals surface area contributed by atoms with Crippen LogP contribution in [-0.2, 0) is 6.42 Å². The summed E-state index contributed by atoms with van der Waals surface area (Å²) in [4.78, 5) is 3.71. The molecule has 1 N–H and O–H groups in total. The normalized spacial score (nSPS) is 16.4. The summed E-state index contributed by atoms with van der Waals surface area (Å²) in [7, 11) is 0. The van der Waals surface area contributed by atoms with E-state index in [-0.39, 0.29) is 0 Å². The first kappa shape index (κ1) is 14.9. The van der Waals surface area contributed by atoms with E-state index in [1.807, 2.05) is 0 Å². The van der Waals surface area contributed by atoms with E-state index in [4.69, 9.17) is 0 Å². The van der Waals surface area contributed by atoms with Crippen LogP contribution in [0, 0.1) is 5.92 Å². The second kappa shape index (κ2) is 5.37. The van der Waals surface area contributed by atoms with Crippen LogP contribution in [0.15, 0.2) is 72.8 Å². The zero-order chi connectivity index (χ0) is 18.0. The molecule has 130 valence electrons. The van der Waals surface area contributed by atoms with E-state index in [9.17, 15) is 0 Å². The van der Waals surface area contributed by atoms with Crippen LogP contribution in [0.4, 0.5) is 0 Å². The molecule has 2 aromatic heterocycles. The molecule has 0 bridgehead atoms. The van der Waals surface area contributed by atoms with Gasteiger partial charge in [0.15, 0.2) is 0 Å². The summed E-state index contributed by atoms with van der Waals surface area (Å²) in [5.41, 5.74) is 7.72. The van der Waals surface area contributed by atoms with E-state index in [1.54, 1.807) is 0 Å². The van der Waals surface area contributed by atoms with Gasteiger partial charge in [-0.15, -0.1) is 0 Å². The monoisotopic (exact) mass is 348 g/mol. The van der Waals surface area contributed by atoms with E-state index in [1.165, 1.54) is 49.7 Å². The number of nitrogens with zero attached hydrogens (tertiary/aromatic N) is 1. The molecule has 6 rings (SSSR count). The highest BCUT2D eigenvalue weighted by Crippen LogP contribution is 2.40. The van der Waals surface area contributed by atoms with Gasteiger partial charge in [0, 0.05) is 33.1 Å². The van der Waals surface area contributed by atoms with Crippen LogP contribution in [0.25, 0.3) is 44.5 Å². The molecule has 2 nitrogen and oxygen atoms in total. The van der Waals surface area contributed by atoms with Crippen LogP contribution in [0.3, 0.4) is 0 Å². The van der Waals surface area contributed by atoms with Gasteiger partial charge in [0.05, 0.1) is 11.0 Å². The Balaban J connectivity index is 1.84. The number of aromatic amines is 1. The summed E-state index contributed by atoms with van der Waals surface area (Å²) < 4.78 is 2.44. The third kappa shape index (κ3) is 2.01. The van der Waals surface area contributed by atoms with Crippen molar-refractivity contribution in [2.75, 3.05) is 0 Å². The van der Waals surface area contributed by atoms with Crippen LogP contribution in [-0.4, -0.2) is 9.55 Å². The topological polar surface area (TPSA) is 20.7 Å². The molecule has 0 saturated heterocycles. The standard InChI is InChI=1S/C25H20N2/c1-16-11-14-23-21(15-16)20-13-12-19-18-9-5-6-10-22(18)26-24(19)25(20)27(23)17-7-3-2-4-8-17/h2-14,16,26H,15H2,1H3. The van der Waals surface area contributed by atoms with Crippen molar-refractivity contribution in [1.29, 1.82) is 0 Å². The third-order valence-electron chi connectivity index (χ3n) is 5.88. The van der Waals surface area contributed by atoms with E-state index in [0.717, 1.165) is 6.42 Å². The third-order valence-corrected chi connectivity index (χ3v) is 5.88. The molecule has 0 aliphatic heterocycles. The highest BCUT2D eigenvalue weighted by Gasteiger charge is 2.23. The summed E-state index contributed by atoms with van der Waals surface area (Å²) in [6, 6.07) is 23.9. The lowest BCUT2D eigenvalue weighted by molar-refractivity contribution is 0.718. The maximum absolute atomic E-state index is 3.71. The first-order valence-electron chi connectivity index (χ1n) is 9.61. The quantitative estimate of drug-likeness (QED) is 0.358. The van der Waals surface area contributed by atoms with E-state index >= 15 is 0 Å². The van der Waals surface area contributed by atoms with Crippen molar-refractivity contribution >= 4 is 38.8 Å². The fourth-order valence-electron chi connectivity index (χ4n) is 4.65. The Bertz CT molecular complexity index is 1350. The number of H-pyrrole nitrogens is 1. The minimum atomic E-state index is 0.575. The van der Waals surface area contributed by atoms with Gasteiger partial charge in [-0.05, 0) is 42.2 Å². The summed E-state index contributed by atoms with van der Waals surface area (Å²) in [6.45, 7) is 2.30. The predicted octanol–water partition coefficient (Wildman–Crippen LogP) is 6.47. The molecule has 0 amide bonds. The van der Waals surface area contributed by atoms with Gasteiger partial charge in [-0.3, -0.25) is 0 Å². The van der Waals surface area contributed by atoms with Crippen molar-refractivity contribution in [3.05, 3.63) is 84.1 Å². The summed E-state index contributed by atoms with van der Waals surface area (Å²) in [5, 5.41) is 3.95. The lowest BCUT2D eigenvalue weighted by Gasteiger charge is -2.15. The largest absolute Gasteiger partial charge is 0.353 e. The van der Waals surface area contributed by atoms with Crippen LogP contribution in [0.1, 0.15) is 18.2 Å². The number of fused-ring (bicyclic) bond motifs is 7. The molecule has 3 aromatic carbocycles. The van der Waals surface area contributed by atoms with E-state index < -0.39 is 0 Å². The molecule has 1 aliphatic rings. The fraction of sp³-hybridized carbons (Fsp3) is 0.120. The molecule has 0 fully saturated rings. The minimum absolute atomic E-state index is 0.575. The van der Waals surface area contributed by atoms with E-state index in [2.05, 4.69) is 95.4 Å². The van der Waals surface area contributed by atoms with Crippen molar-refractivity contribution in [3.8, 4) is 5.69 Å². The number of nitrogens with one attached hydrogen (secondary N) is 1. The van der Waals surface area contributed by atoms with Gasteiger partial charge in [0.2, 0.25) is 0 Å². The number of para-hydroxylation sites is 2. The SMILES string of the molecule is CC1C=Cc2c(c3ccc4c5ccccc5[nH]c4c3n2-c2ccccc2)C1. The lowest BCUT2D eigenvalue weighted by Crippen LogP contribution is -2.05. The van der Waals surface area contributed by atoms with Crippen LogP contribution >= 0.6 is 0 Å². The number of benzene rings is 3. The number of hydrogen-bond donors (Lipinski definition) is 1. The van der Waals surface area contributed by atoms with Crippen molar-refractivity contribution in [1.82, 2.24) is 9.55 Å². The van der Waals surface area contributed by atoms with Crippen molar-refractivity contribution < 1.29 is 0 Å². The second-order valence-corrected chi connectivity index (χ2v) is 7.63. The van der Waals surface area contributed by atoms with Crippen molar-refractivity contribution in [3.63, 3.8) is 0 Å². The molecule has 0 saturated carbocycles. The Kier molecular flexibility index (Phi) is 2.96. The van der Waals surface area contributed by atoms with Crippen molar-refractivity contribution in [2.45, 2.75) is 13.3 Å². The maximum Gasteiger partial charge on any atom is 0.0779 e. The molecule has 1 unspecified atom stereocenters. The first-order valence-corrected chi connectivity index (χ1v) is 9.61. The van der Waals surface area contributed by atoms with Gasteiger partial charge in [-0.2, -0.15) is 0 Å². The zero-order valence-corrected chi connectivity index (χ0v) is 15.2. The average Bonchev–Trinajstić information content (AvgIpc) is 3.24. The van der Waals surface area contributed by atoms with Crippen LogP contribution in [0.2, 0.25) is 0 Å². The molecule has 0 spiro atoms. The van der Waals surface area contributed by atoms with Gasteiger partial charge >= 0.3 is 0 Å². The second-order valence-electron chi connectivity index (χ2n) is 7.63.